The first-order valence-corrected chi connectivity index (χ1v) is 6.81. The molecule has 3 rings (SSSR count). The Kier molecular flexibility index (Phi) is 2.82. The van der Waals surface area contributed by atoms with E-state index < -0.39 is 0 Å². The van der Waals surface area contributed by atoms with Crippen molar-refractivity contribution in [3.63, 3.8) is 0 Å². The summed E-state index contributed by atoms with van der Waals surface area (Å²) in [7, 11) is 0. The van der Waals surface area contributed by atoms with E-state index in [1.165, 1.54) is 37.0 Å². The van der Waals surface area contributed by atoms with E-state index in [0.717, 1.165) is 12.1 Å². The van der Waals surface area contributed by atoms with Gasteiger partial charge < -0.3 is 10.3 Å². The van der Waals surface area contributed by atoms with Crippen molar-refractivity contribution in [1.29, 1.82) is 0 Å². The van der Waals surface area contributed by atoms with E-state index in [-0.39, 0.29) is 5.41 Å². The normalized spacial score (nSPS) is 18.6. The SMILES string of the molecule is CCn1c(C2(CN)CCCC2)nc2cnccc21. The number of nitrogens with zero attached hydrogens (tertiary/aromatic N) is 3. The van der Waals surface area contributed by atoms with Crippen LogP contribution < -0.4 is 5.73 Å². The molecule has 1 fully saturated rings. The maximum atomic E-state index is 6.08. The van der Waals surface area contributed by atoms with E-state index in [0.29, 0.717) is 6.54 Å². The van der Waals surface area contributed by atoms with Crippen LogP contribution in [0.3, 0.4) is 0 Å². The quantitative estimate of drug-likeness (QED) is 0.900. The Balaban J connectivity index is 2.21. The molecule has 4 nitrogen and oxygen atoms in total. The minimum atomic E-state index is 0.0923. The summed E-state index contributed by atoms with van der Waals surface area (Å²) >= 11 is 0. The third-order valence-corrected chi connectivity index (χ3v) is 4.29. The van der Waals surface area contributed by atoms with Crippen LogP contribution in [-0.2, 0) is 12.0 Å². The smallest absolute Gasteiger partial charge is 0.117 e. The molecule has 18 heavy (non-hydrogen) atoms. The topological polar surface area (TPSA) is 56.7 Å². The maximum absolute atomic E-state index is 6.08. The summed E-state index contributed by atoms with van der Waals surface area (Å²) in [6.07, 6.45) is 8.55. The maximum Gasteiger partial charge on any atom is 0.117 e. The average Bonchev–Trinajstić information content (AvgIpc) is 3.03. The van der Waals surface area contributed by atoms with E-state index in [1.807, 2.05) is 12.4 Å². The lowest BCUT2D eigenvalue weighted by Crippen LogP contribution is -2.35. The van der Waals surface area contributed by atoms with Gasteiger partial charge in [0.1, 0.15) is 11.3 Å². The van der Waals surface area contributed by atoms with Crippen LogP contribution in [0.25, 0.3) is 11.0 Å². The van der Waals surface area contributed by atoms with Crippen molar-refractivity contribution in [2.45, 2.75) is 44.6 Å². The van der Waals surface area contributed by atoms with Gasteiger partial charge in [-0.05, 0) is 25.8 Å². The van der Waals surface area contributed by atoms with Gasteiger partial charge >= 0.3 is 0 Å². The Hall–Kier alpha value is -1.42. The second-order valence-corrected chi connectivity index (χ2v) is 5.24. The van der Waals surface area contributed by atoms with E-state index in [2.05, 4.69) is 22.5 Å². The van der Waals surface area contributed by atoms with Crippen molar-refractivity contribution in [3.8, 4) is 0 Å². The lowest BCUT2D eigenvalue weighted by atomic mass is 9.85. The van der Waals surface area contributed by atoms with Gasteiger partial charge in [0.05, 0.1) is 11.7 Å². The predicted octanol–water partition coefficient (Wildman–Crippen LogP) is 2.22. The molecule has 2 N–H and O–H groups in total. The molecule has 0 unspecified atom stereocenters. The highest BCUT2D eigenvalue weighted by atomic mass is 15.1. The fourth-order valence-electron chi connectivity index (χ4n) is 3.28. The molecule has 0 aromatic carbocycles. The second-order valence-electron chi connectivity index (χ2n) is 5.24. The number of rotatable bonds is 3. The highest BCUT2D eigenvalue weighted by Gasteiger charge is 2.38. The summed E-state index contributed by atoms with van der Waals surface area (Å²) in [6, 6.07) is 2.05. The number of fused-ring (bicyclic) bond motifs is 1. The molecular weight excluding hydrogens is 224 g/mol. The molecule has 2 aromatic rings. The monoisotopic (exact) mass is 244 g/mol. The summed E-state index contributed by atoms with van der Waals surface area (Å²) in [6.45, 7) is 3.81. The van der Waals surface area contributed by atoms with Crippen LogP contribution in [0.15, 0.2) is 18.5 Å². The van der Waals surface area contributed by atoms with Crippen LogP contribution in [0.4, 0.5) is 0 Å². The van der Waals surface area contributed by atoms with Crippen molar-refractivity contribution >= 4 is 11.0 Å². The Bertz CT molecular complexity index is 552. The molecule has 4 heteroatoms. The van der Waals surface area contributed by atoms with Gasteiger partial charge in [-0.25, -0.2) is 4.98 Å². The van der Waals surface area contributed by atoms with Crippen LogP contribution in [0.1, 0.15) is 38.4 Å². The molecule has 0 spiro atoms. The molecular formula is C14H20N4. The molecule has 2 heterocycles. The molecule has 0 radical (unpaired) electrons. The molecule has 0 atom stereocenters. The molecule has 0 bridgehead atoms. The van der Waals surface area contributed by atoms with Gasteiger partial charge in [-0.1, -0.05) is 12.8 Å². The fraction of sp³-hybridized carbons (Fsp3) is 0.571. The molecule has 2 aromatic heterocycles. The Morgan fingerprint density at radius 2 is 2.17 bits per heavy atom. The van der Waals surface area contributed by atoms with Gasteiger partial charge in [0.15, 0.2) is 0 Å². The Morgan fingerprint density at radius 3 is 2.83 bits per heavy atom. The van der Waals surface area contributed by atoms with Gasteiger partial charge in [-0.2, -0.15) is 0 Å². The highest BCUT2D eigenvalue weighted by molar-refractivity contribution is 5.75. The molecule has 96 valence electrons. The third-order valence-electron chi connectivity index (χ3n) is 4.29. The lowest BCUT2D eigenvalue weighted by Gasteiger charge is -2.27. The van der Waals surface area contributed by atoms with Crippen LogP contribution >= 0.6 is 0 Å². The van der Waals surface area contributed by atoms with Crippen molar-refractivity contribution in [2.24, 2.45) is 5.73 Å². The third kappa shape index (κ3) is 1.56. The highest BCUT2D eigenvalue weighted by Crippen LogP contribution is 2.40. The largest absolute Gasteiger partial charge is 0.329 e. The van der Waals surface area contributed by atoms with E-state index in [4.69, 9.17) is 10.7 Å². The minimum absolute atomic E-state index is 0.0923. The summed E-state index contributed by atoms with van der Waals surface area (Å²) in [5.41, 5.74) is 8.35. The van der Waals surface area contributed by atoms with Gasteiger partial charge in [-0.15, -0.1) is 0 Å². The fourth-order valence-corrected chi connectivity index (χ4v) is 3.28. The number of imidazole rings is 1. The van der Waals surface area contributed by atoms with E-state index >= 15 is 0 Å². The van der Waals surface area contributed by atoms with Crippen LogP contribution in [0.2, 0.25) is 0 Å². The van der Waals surface area contributed by atoms with Gasteiger partial charge in [0.25, 0.3) is 0 Å². The Morgan fingerprint density at radius 1 is 1.39 bits per heavy atom. The van der Waals surface area contributed by atoms with Crippen LogP contribution in [-0.4, -0.2) is 21.1 Å². The zero-order valence-corrected chi connectivity index (χ0v) is 10.9. The summed E-state index contributed by atoms with van der Waals surface area (Å²) < 4.78 is 2.31. The second kappa shape index (κ2) is 4.35. The first kappa shape index (κ1) is 11.7. The summed E-state index contributed by atoms with van der Waals surface area (Å²) in [5, 5.41) is 0. The summed E-state index contributed by atoms with van der Waals surface area (Å²) in [5.74, 6) is 1.17. The first-order chi connectivity index (χ1) is 8.80. The van der Waals surface area contributed by atoms with Crippen LogP contribution in [0, 0.1) is 0 Å². The molecule has 0 saturated heterocycles. The van der Waals surface area contributed by atoms with Gasteiger partial charge in [0.2, 0.25) is 0 Å². The molecule has 1 aliphatic rings. The first-order valence-electron chi connectivity index (χ1n) is 6.81. The van der Waals surface area contributed by atoms with E-state index in [1.54, 1.807) is 0 Å². The van der Waals surface area contributed by atoms with Crippen molar-refractivity contribution < 1.29 is 0 Å². The molecule has 0 aliphatic heterocycles. The van der Waals surface area contributed by atoms with Crippen molar-refractivity contribution in [3.05, 3.63) is 24.3 Å². The van der Waals surface area contributed by atoms with E-state index in [9.17, 15) is 0 Å². The van der Waals surface area contributed by atoms with Crippen molar-refractivity contribution in [1.82, 2.24) is 14.5 Å². The number of aryl methyl sites for hydroxylation is 1. The molecule has 1 saturated carbocycles. The molecule has 1 aliphatic carbocycles. The van der Waals surface area contributed by atoms with Gasteiger partial charge in [0, 0.05) is 24.7 Å². The Labute approximate surface area is 107 Å². The number of aromatic nitrogens is 3. The standard InChI is InChI=1S/C14H20N4/c1-2-18-12-5-8-16-9-11(12)17-13(18)14(10-15)6-3-4-7-14/h5,8-9H,2-4,6-7,10,15H2,1H3. The number of hydrogen-bond donors (Lipinski definition) is 1. The zero-order valence-electron chi connectivity index (χ0n) is 10.9. The van der Waals surface area contributed by atoms with Crippen LogP contribution in [0.5, 0.6) is 0 Å². The number of nitrogens with two attached hydrogens (primary N) is 1. The minimum Gasteiger partial charge on any atom is -0.329 e. The zero-order chi connectivity index (χ0) is 12.6. The number of hydrogen-bond acceptors (Lipinski definition) is 3. The predicted molar refractivity (Wildman–Crippen MR) is 72.4 cm³/mol. The number of pyridine rings is 1. The van der Waals surface area contributed by atoms with Gasteiger partial charge in [-0.3, -0.25) is 4.98 Å². The molecule has 0 amide bonds. The summed E-state index contributed by atoms with van der Waals surface area (Å²) in [4.78, 5) is 9.00. The average molecular weight is 244 g/mol. The lowest BCUT2D eigenvalue weighted by molar-refractivity contribution is 0.407. The van der Waals surface area contributed by atoms with Crippen molar-refractivity contribution in [2.75, 3.05) is 6.54 Å².